The van der Waals surface area contributed by atoms with Gasteiger partial charge in [0.15, 0.2) is 18.1 Å². The first-order valence-corrected chi connectivity index (χ1v) is 10.5. The predicted molar refractivity (Wildman–Crippen MR) is 123 cm³/mol. The molecule has 32 heavy (non-hydrogen) atoms. The first kappa shape index (κ1) is 25.0. The van der Waals surface area contributed by atoms with Gasteiger partial charge < -0.3 is 18.9 Å². The van der Waals surface area contributed by atoms with Gasteiger partial charge in [0.1, 0.15) is 17.4 Å². The molecule has 0 atom stereocenters. The second kappa shape index (κ2) is 11.3. The van der Waals surface area contributed by atoms with E-state index in [0.29, 0.717) is 11.3 Å². The molecule has 0 unspecified atom stereocenters. The highest BCUT2D eigenvalue weighted by molar-refractivity contribution is 9.10. The van der Waals surface area contributed by atoms with Gasteiger partial charge in [-0.15, -0.1) is 0 Å². The van der Waals surface area contributed by atoms with Gasteiger partial charge in [0.05, 0.1) is 14.2 Å². The maximum atomic E-state index is 12.4. The number of esters is 2. The molecule has 0 bridgehead atoms. The average Bonchev–Trinajstić information content (AvgIpc) is 2.77. The topological polar surface area (TPSA) is 94.9 Å². The van der Waals surface area contributed by atoms with Crippen molar-refractivity contribution in [3.63, 3.8) is 0 Å². The zero-order valence-corrected chi connectivity index (χ0v) is 20.1. The maximum Gasteiger partial charge on any atom is 0.349 e. The number of aryl methyl sites for hydroxylation is 1. The summed E-state index contributed by atoms with van der Waals surface area (Å²) < 4.78 is 21.9. The quantitative estimate of drug-likeness (QED) is 0.218. The van der Waals surface area contributed by atoms with Crippen LogP contribution in [0.5, 0.6) is 17.2 Å². The molecule has 0 N–H and O–H groups in total. The van der Waals surface area contributed by atoms with E-state index in [1.54, 1.807) is 18.2 Å². The van der Waals surface area contributed by atoms with Gasteiger partial charge in [0.25, 0.3) is 0 Å². The Balaban J connectivity index is 2.16. The van der Waals surface area contributed by atoms with Crippen molar-refractivity contribution in [3.8, 4) is 23.3 Å². The number of benzene rings is 2. The molecule has 0 saturated heterocycles. The Kier molecular flexibility index (Phi) is 8.85. The molecule has 0 spiro atoms. The molecule has 0 aliphatic rings. The van der Waals surface area contributed by atoms with Crippen LogP contribution in [0.4, 0.5) is 0 Å². The Hall–Kier alpha value is -3.31. The van der Waals surface area contributed by atoms with Crippen molar-refractivity contribution in [2.45, 2.75) is 26.7 Å². The van der Waals surface area contributed by atoms with Crippen molar-refractivity contribution < 1.29 is 28.5 Å². The highest BCUT2D eigenvalue weighted by atomic mass is 79.9. The molecule has 0 aliphatic heterocycles. The molecule has 2 aromatic carbocycles. The third-order valence-corrected chi connectivity index (χ3v) is 5.36. The zero-order valence-electron chi connectivity index (χ0n) is 18.5. The van der Waals surface area contributed by atoms with E-state index in [0.717, 1.165) is 15.6 Å². The van der Waals surface area contributed by atoms with E-state index in [9.17, 15) is 9.59 Å². The summed E-state index contributed by atoms with van der Waals surface area (Å²) in [4.78, 5) is 24.0. The fourth-order valence-corrected chi connectivity index (χ4v) is 3.17. The molecular formula is C24H24BrNO6. The number of nitriles is 1. The Bertz CT molecular complexity index is 1080. The van der Waals surface area contributed by atoms with Gasteiger partial charge in [-0.05, 0) is 59.9 Å². The number of halogens is 1. The largest absolute Gasteiger partial charge is 0.493 e. The monoisotopic (exact) mass is 501 g/mol. The van der Waals surface area contributed by atoms with Crippen LogP contribution < -0.4 is 14.2 Å². The van der Waals surface area contributed by atoms with Crippen LogP contribution >= 0.6 is 15.9 Å². The minimum atomic E-state index is -0.747. The van der Waals surface area contributed by atoms with Crippen molar-refractivity contribution in [3.05, 3.63) is 57.1 Å². The first-order valence-electron chi connectivity index (χ1n) is 9.71. The predicted octanol–water partition coefficient (Wildman–Crippen LogP) is 4.95. The second-order valence-electron chi connectivity index (χ2n) is 7.13. The highest BCUT2D eigenvalue weighted by Gasteiger charge is 2.16. The molecule has 0 aliphatic carbocycles. The van der Waals surface area contributed by atoms with Crippen molar-refractivity contribution in [1.82, 2.24) is 0 Å². The summed E-state index contributed by atoms with van der Waals surface area (Å²) in [5, 5.41) is 9.09. The van der Waals surface area contributed by atoms with Gasteiger partial charge >= 0.3 is 11.9 Å². The van der Waals surface area contributed by atoms with Crippen molar-refractivity contribution in [2.24, 2.45) is 0 Å². The van der Waals surface area contributed by atoms with Gasteiger partial charge in [-0.25, -0.2) is 9.59 Å². The number of hydrogen-bond acceptors (Lipinski definition) is 7. The molecule has 8 heteroatoms. The number of carbonyl (C=O) groups is 2. The minimum absolute atomic E-state index is 0.168. The van der Waals surface area contributed by atoms with Crippen molar-refractivity contribution >= 4 is 33.9 Å². The summed E-state index contributed by atoms with van der Waals surface area (Å²) in [5.74, 6) is -0.0708. The normalized spacial score (nSPS) is 11.0. The lowest BCUT2D eigenvalue weighted by molar-refractivity contribution is -0.137. The van der Waals surface area contributed by atoms with Crippen LogP contribution in [0.15, 0.2) is 40.4 Å². The number of carbonyl (C=O) groups excluding carboxylic acids is 2. The Morgan fingerprint density at radius 1 is 1.12 bits per heavy atom. The van der Waals surface area contributed by atoms with Crippen molar-refractivity contribution in [1.29, 1.82) is 5.26 Å². The van der Waals surface area contributed by atoms with E-state index in [1.807, 2.05) is 32.9 Å². The van der Waals surface area contributed by atoms with E-state index in [4.69, 9.17) is 19.5 Å². The van der Waals surface area contributed by atoms with Crippen LogP contribution in [0, 0.1) is 18.3 Å². The SMILES string of the molecule is COC(=O)/C(C#N)=C/c1ccc(OC(=O)COc2cc(C)c(Br)cc2C(C)C)c(OC)c1. The van der Waals surface area contributed by atoms with Crippen LogP contribution in [-0.2, 0) is 14.3 Å². The maximum absolute atomic E-state index is 12.4. The number of ether oxygens (including phenoxy) is 4. The third-order valence-electron chi connectivity index (χ3n) is 4.51. The van der Waals surface area contributed by atoms with Crippen LogP contribution in [0.2, 0.25) is 0 Å². The third kappa shape index (κ3) is 6.34. The molecule has 0 radical (unpaired) electrons. The van der Waals surface area contributed by atoms with E-state index < -0.39 is 11.9 Å². The second-order valence-corrected chi connectivity index (χ2v) is 7.98. The zero-order chi connectivity index (χ0) is 23.8. The minimum Gasteiger partial charge on any atom is -0.493 e. The van der Waals surface area contributed by atoms with Crippen molar-refractivity contribution in [2.75, 3.05) is 20.8 Å². The molecule has 7 nitrogen and oxygen atoms in total. The molecular weight excluding hydrogens is 478 g/mol. The summed E-state index contributed by atoms with van der Waals surface area (Å²) in [6.07, 6.45) is 1.35. The van der Waals surface area contributed by atoms with E-state index in [-0.39, 0.29) is 29.6 Å². The Labute approximate surface area is 195 Å². The lowest BCUT2D eigenvalue weighted by Gasteiger charge is -2.16. The standard InChI is InChI=1S/C24H24BrNO6/c1-14(2)18-11-19(25)15(3)8-21(18)31-13-23(27)32-20-7-6-16(10-22(20)29-4)9-17(12-26)24(28)30-5/h6-11,14H,13H2,1-5H3/b17-9+. The number of hydrogen-bond donors (Lipinski definition) is 0. The highest BCUT2D eigenvalue weighted by Crippen LogP contribution is 2.33. The summed E-state index contributed by atoms with van der Waals surface area (Å²) in [7, 11) is 2.61. The van der Waals surface area contributed by atoms with Gasteiger partial charge in [-0.3, -0.25) is 0 Å². The summed E-state index contributed by atoms with van der Waals surface area (Å²) in [6.45, 7) is 5.74. The van der Waals surface area contributed by atoms with Gasteiger partial charge in [0, 0.05) is 4.47 Å². The summed E-state index contributed by atoms with van der Waals surface area (Å²) in [6, 6.07) is 10.3. The smallest absolute Gasteiger partial charge is 0.349 e. The van der Waals surface area contributed by atoms with Gasteiger partial charge in [-0.1, -0.05) is 35.8 Å². The molecule has 168 valence electrons. The fraction of sp³-hybridized carbons (Fsp3) is 0.292. The number of nitrogens with zero attached hydrogens (tertiary/aromatic N) is 1. The Morgan fingerprint density at radius 3 is 2.44 bits per heavy atom. The summed E-state index contributed by atoms with van der Waals surface area (Å²) >= 11 is 3.52. The van der Waals surface area contributed by atoms with E-state index in [2.05, 4.69) is 20.7 Å². The van der Waals surface area contributed by atoms with E-state index >= 15 is 0 Å². The number of methoxy groups -OCH3 is 2. The molecule has 0 amide bonds. The van der Waals surface area contributed by atoms with E-state index in [1.165, 1.54) is 26.4 Å². The lowest BCUT2D eigenvalue weighted by atomic mass is 10.0. The number of rotatable bonds is 8. The van der Waals surface area contributed by atoms with Crippen LogP contribution in [-0.4, -0.2) is 32.8 Å². The fourth-order valence-electron chi connectivity index (χ4n) is 2.81. The molecule has 2 rings (SSSR count). The molecule has 0 saturated carbocycles. The molecule has 0 fully saturated rings. The van der Waals surface area contributed by atoms with Gasteiger partial charge in [0.2, 0.25) is 0 Å². The first-order chi connectivity index (χ1) is 15.2. The lowest BCUT2D eigenvalue weighted by Crippen LogP contribution is -2.18. The molecule has 0 heterocycles. The Morgan fingerprint density at radius 2 is 1.84 bits per heavy atom. The molecule has 2 aromatic rings. The van der Waals surface area contributed by atoms with Crippen LogP contribution in [0.1, 0.15) is 36.5 Å². The van der Waals surface area contributed by atoms with Crippen LogP contribution in [0.3, 0.4) is 0 Å². The van der Waals surface area contributed by atoms with Crippen LogP contribution in [0.25, 0.3) is 6.08 Å². The summed E-state index contributed by atoms with van der Waals surface area (Å²) in [5.41, 5.74) is 2.31. The average molecular weight is 502 g/mol. The molecule has 0 aromatic heterocycles. The van der Waals surface area contributed by atoms with Gasteiger partial charge in [-0.2, -0.15) is 5.26 Å².